The van der Waals surface area contributed by atoms with E-state index in [1.807, 2.05) is 0 Å². The predicted octanol–water partition coefficient (Wildman–Crippen LogP) is -0.526. The van der Waals surface area contributed by atoms with Crippen LogP contribution in [-0.2, 0) is 38.2 Å². The highest BCUT2D eigenvalue weighted by Gasteiger charge is 2.32. The molecule has 1 fully saturated rings. The van der Waals surface area contributed by atoms with Gasteiger partial charge in [-0.3, -0.25) is 39.2 Å². The number of carbonyl (C=O) groups is 6. The number of hydroxylamine groups is 4. The number of hydrogen-bond donors (Lipinski definition) is 7. The van der Waals surface area contributed by atoms with Gasteiger partial charge in [0.05, 0.1) is 12.7 Å². The minimum atomic E-state index is -1.27. The fourth-order valence-electron chi connectivity index (χ4n) is 5.23. The van der Waals surface area contributed by atoms with Gasteiger partial charge in [0, 0.05) is 32.5 Å². The van der Waals surface area contributed by atoms with Crippen molar-refractivity contribution in [3.63, 3.8) is 0 Å². The number of aromatic hydroxyl groups is 1. The number of aliphatic imine (C=N–C) groups is 1. The fraction of sp³-hybridized carbons (Fsp3) is 0.594. The van der Waals surface area contributed by atoms with Crippen molar-refractivity contribution in [2.45, 2.75) is 88.4 Å². The molecule has 1 aromatic carbocycles. The van der Waals surface area contributed by atoms with E-state index >= 15 is 0 Å². The Morgan fingerprint density at radius 2 is 1.84 bits per heavy atom. The van der Waals surface area contributed by atoms with E-state index in [1.54, 1.807) is 18.2 Å². The highest BCUT2D eigenvalue weighted by molar-refractivity contribution is 6.01. The summed E-state index contributed by atoms with van der Waals surface area (Å²) in [5.74, 6) is -3.69. The number of hydrogen-bond acceptors (Lipinski definition) is 13. The maximum Gasteiger partial charge on any atom is 0.305 e. The number of methoxy groups -OCH3 is 1. The molecular formula is C32H47N7O11. The lowest BCUT2D eigenvalue weighted by Crippen LogP contribution is -2.56. The quantitative estimate of drug-likeness (QED) is 0.0440. The van der Waals surface area contributed by atoms with Crippen LogP contribution in [0.25, 0.3) is 0 Å². The maximum absolute atomic E-state index is 13.3. The molecule has 5 amide bonds. The third-order valence-corrected chi connectivity index (χ3v) is 8.19. The van der Waals surface area contributed by atoms with Crippen molar-refractivity contribution in [1.29, 1.82) is 0 Å². The van der Waals surface area contributed by atoms with Crippen LogP contribution in [0.4, 0.5) is 0 Å². The average Bonchev–Trinajstić information content (AvgIpc) is 3.55. The molecule has 0 saturated carbocycles. The van der Waals surface area contributed by atoms with Gasteiger partial charge in [0.1, 0.15) is 30.5 Å². The normalized spacial score (nSPS) is 18.5. The molecule has 0 spiro atoms. The fourth-order valence-corrected chi connectivity index (χ4v) is 5.23. The van der Waals surface area contributed by atoms with Crippen LogP contribution in [0.5, 0.6) is 5.75 Å². The highest BCUT2D eigenvalue weighted by atomic mass is 16.5. The summed E-state index contributed by atoms with van der Waals surface area (Å²) in [6.07, 6.45) is 3.37. The van der Waals surface area contributed by atoms with Gasteiger partial charge in [-0.1, -0.05) is 18.6 Å². The zero-order valence-electron chi connectivity index (χ0n) is 28.0. The summed E-state index contributed by atoms with van der Waals surface area (Å²) in [5.41, 5.74) is 6.27. The number of para-hydroxylation sites is 1. The van der Waals surface area contributed by atoms with Gasteiger partial charge < -0.3 is 36.3 Å². The molecule has 8 N–H and O–H groups in total. The number of nitrogens with zero attached hydrogens (tertiary/aromatic N) is 3. The van der Waals surface area contributed by atoms with Gasteiger partial charge in [-0.05, 0) is 57.1 Å². The molecule has 0 aliphatic carbocycles. The van der Waals surface area contributed by atoms with Crippen LogP contribution >= 0.6 is 0 Å². The molecule has 0 radical (unpaired) electrons. The minimum absolute atomic E-state index is 0.0327. The monoisotopic (exact) mass is 705 g/mol. The zero-order chi connectivity index (χ0) is 36.6. The van der Waals surface area contributed by atoms with Crippen LogP contribution < -0.4 is 21.7 Å². The van der Waals surface area contributed by atoms with E-state index in [9.17, 15) is 44.3 Å². The van der Waals surface area contributed by atoms with Crippen molar-refractivity contribution in [3.05, 3.63) is 29.8 Å². The smallest absolute Gasteiger partial charge is 0.305 e. The van der Waals surface area contributed by atoms with Gasteiger partial charge in [-0.15, -0.1) is 0 Å². The van der Waals surface area contributed by atoms with Crippen LogP contribution in [0.3, 0.4) is 0 Å². The van der Waals surface area contributed by atoms with Gasteiger partial charge in [-0.25, -0.2) is 15.1 Å². The SMILES string of the molecule is COC(=O)CCCCCC(=O)N(O)CCC[C@H](NC(=O)[C@@H]1COC(c2ccccc2O)=N1)C(=O)NC[C@H](N)C(=O)NC1CCCCN(O)C1=O. The molecule has 2 aliphatic rings. The largest absolute Gasteiger partial charge is 0.507 e. The standard InChI is InChI=1S/C32H47N7O11/c1-49-27(42)15-4-2-3-14-26(41)38(47)17-9-12-22(35-30(45)24-19-50-31(37-24)20-10-5-6-13-25(20)40)29(44)34-18-21(33)28(43)36-23-11-7-8-16-39(48)32(23)46/h5-6,10,13,21-24,40,47-48H,2-4,7-9,11-12,14-19,33H2,1H3,(H,34,44)(H,35,45)(H,36,43)/t21-,22-,23?,24-/m0/s1. The molecule has 50 heavy (non-hydrogen) atoms. The lowest BCUT2D eigenvalue weighted by molar-refractivity contribution is -0.167. The van der Waals surface area contributed by atoms with E-state index in [-0.39, 0.29) is 75.1 Å². The number of phenolic OH excluding ortho intramolecular Hbond substituents is 1. The molecule has 2 aliphatic heterocycles. The van der Waals surface area contributed by atoms with E-state index in [4.69, 9.17) is 10.5 Å². The number of esters is 1. The molecule has 18 heteroatoms. The van der Waals surface area contributed by atoms with E-state index in [0.29, 0.717) is 48.7 Å². The number of unbranched alkanes of at least 4 members (excludes halogenated alkanes) is 2. The minimum Gasteiger partial charge on any atom is -0.507 e. The highest BCUT2D eigenvalue weighted by Crippen LogP contribution is 2.21. The first-order valence-corrected chi connectivity index (χ1v) is 16.6. The van der Waals surface area contributed by atoms with Crippen molar-refractivity contribution in [1.82, 2.24) is 26.1 Å². The Labute approximate surface area is 289 Å². The molecular weight excluding hydrogens is 658 g/mol. The summed E-state index contributed by atoms with van der Waals surface area (Å²) in [5, 5.41) is 38.9. The number of ether oxygens (including phenoxy) is 2. The van der Waals surface area contributed by atoms with Crippen molar-refractivity contribution >= 4 is 41.4 Å². The van der Waals surface area contributed by atoms with E-state index in [1.165, 1.54) is 13.2 Å². The number of benzene rings is 1. The molecule has 1 aromatic rings. The molecule has 4 atom stereocenters. The lowest BCUT2D eigenvalue weighted by Gasteiger charge is -2.23. The second-order valence-corrected chi connectivity index (χ2v) is 12.0. The molecule has 0 aromatic heterocycles. The first-order valence-electron chi connectivity index (χ1n) is 16.6. The molecule has 18 nitrogen and oxygen atoms in total. The molecule has 2 heterocycles. The summed E-state index contributed by atoms with van der Waals surface area (Å²) < 4.78 is 10.1. The van der Waals surface area contributed by atoms with E-state index in [0.717, 1.165) is 0 Å². The maximum atomic E-state index is 13.3. The Balaban J connectivity index is 1.57. The van der Waals surface area contributed by atoms with Crippen molar-refractivity contribution in [2.24, 2.45) is 10.7 Å². The zero-order valence-corrected chi connectivity index (χ0v) is 28.0. The van der Waals surface area contributed by atoms with E-state index in [2.05, 4.69) is 25.7 Å². The van der Waals surface area contributed by atoms with E-state index < -0.39 is 53.7 Å². The Hall–Kier alpha value is -4.81. The average molecular weight is 706 g/mol. The Kier molecular flexibility index (Phi) is 15.9. The Morgan fingerprint density at radius 3 is 2.58 bits per heavy atom. The third kappa shape index (κ3) is 12.3. The van der Waals surface area contributed by atoms with Crippen LogP contribution in [0.15, 0.2) is 29.3 Å². The second kappa shape index (κ2) is 20.0. The number of phenols is 1. The summed E-state index contributed by atoms with van der Waals surface area (Å²) in [7, 11) is 1.30. The summed E-state index contributed by atoms with van der Waals surface area (Å²) in [4.78, 5) is 79.3. The summed E-state index contributed by atoms with van der Waals surface area (Å²) >= 11 is 0. The first kappa shape index (κ1) is 39.6. The lowest BCUT2D eigenvalue weighted by atomic mass is 10.1. The van der Waals surface area contributed by atoms with Crippen LogP contribution in [-0.4, -0.2) is 125 Å². The van der Waals surface area contributed by atoms with Gasteiger partial charge >= 0.3 is 5.97 Å². The Bertz CT molecular complexity index is 1390. The van der Waals surface area contributed by atoms with Crippen LogP contribution in [0.2, 0.25) is 0 Å². The topological polar surface area (TPSA) is 263 Å². The number of rotatable bonds is 18. The van der Waals surface area contributed by atoms with Crippen molar-refractivity contribution < 1.29 is 53.8 Å². The van der Waals surface area contributed by atoms with Crippen LogP contribution in [0.1, 0.15) is 69.8 Å². The number of nitrogens with two attached hydrogens (primary N) is 1. The van der Waals surface area contributed by atoms with Crippen molar-refractivity contribution in [2.75, 3.05) is 33.4 Å². The first-order chi connectivity index (χ1) is 23.9. The van der Waals surface area contributed by atoms with Gasteiger partial charge in [-0.2, -0.15) is 0 Å². The second-order valence-electron chi connectivity index (χ2n) is 12.0. The Morgan fingerprint density at radius 1 is 1.10 bits per heavy atom. The number of nitrogens with one attached hydrogen (secondary N) is 3. The summed E-state index contributed by atoms with van der Waals surface area (Å²) in [6.45, 7) is -0.514. The third-order valence-electron chi connectivity index (χ3n) is 8.19. The number of carbonyl (C=O) groups excluding carboxylic acids is 6. The molecule has 276 valence electrons. The molecule has 1 saturated heterocycles. The van der Waals surface area contributed by atoms with Gasteiger partial charge in [0.2, 0.25) is 29.5 Å². The van der Waals surface area contributed by atoms with Crippen LogP contribution in [0, 0.1) is 0 Å². The van der Waals surface area contributed by atoms with Gasteiger partial charge in [0.25, 0.3) is 5.91 Å². The molecule has 1 unspecified atom stereocenters. The predicted molar refractivity (Wildman–Crippen MR) is 174 cm³/mol. The van der Waals surface area contributed by atoms with Crippen molar-refractivity contribution in [3.8, 4) is 5.75 Å². The molecule has 0 bridgehead atoms. The van der Waals surface area contributed by atoms with Gasteiger partial charge in [0.15, 0.2) is 6.04 Å². The number of amides is 5. The molecule has 3 rings (SSSR count). The summed E-state index contributed by atoms with van der Waals surface area (Å²) in [6, 6.07) is 1.80.